The molecule has 0 saturated carbocycles. The van der Waals surface area contributed by atoms with Crippen molar-refractivity contribution in [3.05, 3.63) is 52.7 Å². The van der Waals surface area contributed by atoms with Crippen molar-refractivity contribution in [2.75, 3.05) is 7.11 Å². The summed E-state index contributed by atoms with van der Waals surface area (Å²) in [6.45, 7) is 0.127. The second-order valence-electron chi connectivity index (χ2n) is 4.70. The first-order valence-corrected chi connectivity index (χ1v) is 7.82. The molecule has 0 aliphatic rings. The minimum Gasteiger partial charge on any atom is -0.495 e. The molecule has 1 N–H and O–H groups in total. The fourth-order valence-electron chi connectivity index (χ4n) is 2.02. The Kier molecular flexibility index (Phi) is 4.54. The standard InChI is InChI=1S/C16H12N4O3S/c1-22-12-5-4-10(7-11(12)8-17)15(21)18-9-14-19-16(23-20-14)13-3-2-6-24-13/h2-7H,9H2,1H3,(H,18,21). The van der Waals surface area contributed by atoms with Crippen molar-refractivity contribution < 1.29 is 14.1 Å². The quantitative estimate of drug-likeness (QED) is 0.766. The van der Waals surface area contributed by atoms with Gasteiger partial charge in [0.15, 0.2) is 5.82 Å². The maximum absolute atomic E-state index is 12.2. The molecule has 1 amide bonds. The number of carbonyl (C=O) groups is 1. The summed E-state index contributed by atoms with van der Waals surface area (Å²) in [5, 5.41) is 17.5. The van der Waals surface area contributed by atoms with E-state index in [2.05, 4.69) is 15.5 Å². The van der Waals surface area contributed by atoms with Crippen LogP contribution in [0, 0.1) is 11.3 Å². The number of nitrogens with zero attached hydrogens (tertiary/aromatic N) is 3. The van der Waals surface area contributed by atoms with Crippen molar-refractivity contribution >= 4 is 17.2 Å². The van der Waals surface area contributed by atoms with Gasteiger partial charge in [0.1, 0.15) is 11.8 Å². The molecule has 0 radical (unpaired) electrons. The van der Waals surface area contributed by atoms with E-state index in [1.54, 1.807) is 12.1 Å². The van der Waals surface area contributed by atoms with E-state index in [-0.39, 0.29) is 12.5 Å². The van der Waals surface area contributed by atoms with Crippen molar-refractivity contribution in [1.29, 1.82) is 5.26 Å². The molecule has 0 aliphatic heterocycles. The zero-order chi connectivity index (χ0) is 16.9. The first-order chi connectivity index (χ1) is 11.7. The summed E-state index contributed by atoms with van der Waals surface area (Å²) < 4.78 is 10.2. The monoisotopic (exact) mass is 340 g/mol. The highest BCUT2D eigenvalue weighted by atomic mass is 32.1. The third-order valence-corrected chi connectivity index (χ3v) is 4.05. The summed E-state index contributed by atoms with van der Waals surface area (Å²) in [7, 11) is 1.47. The van der Waals surface area contributed by atoms with Crippen LogP contribution in [0.3, 0.4) is 0 Å². The lowest BCUT2D eigenvalue weighted by Gasteiger charge is -2.06. The lowest BCUT2D eigenvalue weighted by molar-refractivity contribution is 0.0949. The summed E-state index contributed by atoms with van der Waals surface area (Å²) in [6.07, 6.45) is 0. The van der Waals surface area contributed by atoms with Crippen molar-refractivity contribution in [3.63, 3.8) is 0 Å². The van der Waals surface area contributed by atoms with Gasteiger partial charge in [-0.05, 0) is 29.6 Å². The smallest absolute Gasteiger partial charge is 0.268 e. The Morgan fingerprint density at radius 2 is 2.33 bits per heavy atom. The Balaban J connectivity index is 1.67. The largest absolute Gasteiger partial charge is 0.495 e. The van der Waals surface area contributed by atoms with Gasteiger partial charge in [-0.25, -0.2) is 0 Å². The highest BCUT2D eigenvalue weighted by molar-refractivity contribution is 7.13. The molecule has 7 nitrogen and oxygen atoms in total. The SMILES string of the molecule is COc1ccc(C(=O)NCc2noc(-c3cccs3)n2)cc1C#N. The number of aromatic nitrogens is 2. The van der Waals surface area contributed by atoms with Crippen LogP contribution in [0.2, 0.25) is 0 Å². The van der Waals surface area contributed by atoms with Crippen molar-refractivity contribution in [3.8, 4) is 22.6 Å². The summed E-state index contributed by atoms with van der Waals surface area (Å²) in [6, 6.07) is 10.4. The average molecular weight is 340 g/mol. The molecular weight excluding hydrogens is 328 g/mol. The van der Waals surface area contributed by atoms with Gasteiger partial charge in [-0.15, -0.1) is 11.3 Å². The summed E-state index contributed by atoms with van der Waals surface area (Å²) in [5.41, 5.74) is 0.652. The third kappa shape index (κ3) is 3.26. The number of nitriles is 1. The number of hydrogen-bond donors (Lipinski definition) is 1. The van der Waals surface area contributed by atoms with Gasteiger partial charge in [0.25, 0.3) is 11.8 Å². The summed E-state index contributed by atoms with van der Waals surface area (Å²) in [5.74, 6) is 0.885. The zero-order valence-electron chi connectivity index (χ0n) is 12.6. The van der Waals surface area contributed by atoms with E-state index >= 15 is 0 Å². The first-order valence-electron chi connectivity index (χ1n) is 6.94. The molecule has 0 spiro atoms. The summed E-state index contributed by atoms with van der Waals surface area (Å²) in [4.78, 5) is 17.3. The van der Waals surface area contributed by atoms with Crippen LogP contribution in [-0.2, 0) is 6.54 Å². The van der Waals surface area contributed by atoms with E-state index in [4.69, 9.17) is 14.5 Å². The van der Waals surface area contributed by atoms with E-state index in [0.29, 0.717) is 28.6 Å². The van der Waals surface area contributed by atoms with E-state index in [0.717, 1.165) is 4.88 Å². The predicted molar refractivity (Wildman–Crippen MR) is 86.5 cm³/mol. The molecule has 1 aromatic carbocycles. The summed E-state index contributed by atoms with van der Waals surface area (Å²) >= 11 is 1.49. The van der Waals surface area contributed by atoms with E-state index in [9.17, 15) is 4.79 Å². The molecule has 0 unspecified atom stereocenters. The fourth-order valence-corrected chi connectivity index (χ4v) is 2.67. The number of ether oxygens (including phenoxy) is 1. The van der Waals surface area contributed by atoms with Crippen molar-refractivity contribution in [2.24, 2.45) is 0 Å². The van der Waals surface area contributed by atoms with Crippen molar-refractivity contribution in [2.45, 2.75) is 6.54 Å². The molecular formula is C16H12N4O3S. The van der Waals surface area contributed by atoms with Gasteiger partial charge in [0.05, 0.1) is 24.1 Å². The van der Waals surface area contributed by atoms with E-state index in [1.807, 2.05) is 23.6 Å². The molecule has 0 aliphatic carbocycles. The second kappa shape index (κ2) is 6.93. The Morgan fingerprint density at radius 1 is 1.46 bits per heavy atom. The van der Waals surface area contributed by atoms with E-state index < -0.39 is 0 Å². The van der Waals surface area contributed by atoms with Crippen LogP contribution in [-0.4, -0.2) is 23.2 Å². The van der Waals surface area contributed by atoms with Gasteiger partial charge in [0.2, 0.25) is 0 Å². The molecule has 2 heterocycles. The molecule has 0 saturated heterocycles. The molecule has 3 aromatic rings. The molecule has 0 bridgehead atoms. The average Bonchev–Trinajstić information content (AvgIpc) is 3.30. The Labute approximate surface area is 141 Å². The first kappa shape index (κ1) is 15.7. The molecule has 2 aromatic heterocycles. The fraction of sp³-hybridized carbons (Fsp3) is 0.125. The molecule has 24 heavy (non-hydrogen) atoms. The normalized spacial score (nSPS) is 10.2. The van der Waals surface area contributed by atoms with Crippen LogP contribution in [0.5, 0.6) is 5.75 Å². The Bertz CT molecular complexity index is 896. The predicted octanol–water partition coefficient (Wildman–Crippen LogP) is 2.61. The van der Waals surface area contributed by atoms with Crippen LogP contribution >= 0.6 is 11.3 Å². The number of rotatable bonds is 5. The van der Waals surface area contributed by atoms with Gasteiger partial charge in [-0.1, -0.05) is 11.2 Å². The maximum Gasteiger partial charge on any atom is 0.268 e. The van der Waals surface area contributed by atoms with Gasteiger partial charge in [-0.3, -0.25) is 4.79 Å². The molecule has 120 valence electrons. The highest BCUT2D eigenvalue weighted by Gasteiger charge is 2.13. The van der Waals surface area contributed by atoms with Gasteiger partial charge in [-0.2, -0.15) is 10.2 Å². The van der Waals surface area contributed by atoms with Crippen LogP contribution in [0.1, 0.15) is 21.7 Å². The minimum atomic E-state index is -0.336. The maximum atomic E-state index is 12.2. The highest BCUT2D eigenvalue weighted by Crippen LogP contribution is 2.22. The molecule has 0 atom stereocenters. The van der Waals surface area contributed by atoms with Crippen molar-refractivity contribution in [1.82, 2.24) is 15.5 Å². The lowest BCUT2D eigenvalue weighted by atomic mass is 10.1. The third-order valence-electron chi connectivity index (χ3n) is 3.19. The van der Waals surface area contributed by atoms with Gasteiger partial charge in [0, 0.05) is 5.56 Å². The molecule has 3 rings (SSSR count). The van der Waals surface area contributed by atoms with Crippen LogP contribution < -0.4 is 10.1 Å². The lowest BCUT2D eigenvalue weighted by Crippen LogP contribution is -2.23. The minimum absolute atomic E-state index is 0.127. The topological polar surface area (TPSA) is 101 Å². The zero-order valence-corrected chi connectivity index (χ0v) is 13.5. The second-order valence-corrected chi connectivity index (χ2v) is 5.65. The number of carbonyl (C=O) groups excluding carboxylic acids is 1. The van der Waals surface area contributed by atoms with Crippen LogP contribution in [0.25, 0.3) is 10.8 Å². The Hall–Kier alpha value is -3.18. The van der Waals surface area contributed by atoms with Crippen LogP contribution in [0.4, 0.5) is 0 Å². The van der Waals surface area contributed by atoms with Crippen LogP contribution in [0.15, 0.2) is 40.2 Å². The Morgan fingerprint density at radius 3 is 3.04 bits per heavy atom. The number of thiophene rings is 1. The number of methoxy groups -OCH3 is 1. The van der Waals surface area contributed by atoms with Gasteiger partial charge >= 0.3 is 0 Å². The van der Waals surface area contributed by atoms with E-state index in [1.165, 1.54) is 24.5 Å². The number of amides is 1. The number of nitrogens with one attached hydrogen (secondary N) is 1. The van der Waals surface area contributed by atoms with Gasteiger partial charge < -0.3 is 14.6 Å². The number of benzene rings is 1. The number of hydrogen-bond acceptors (Lipinski definition) is 7. The molecule has 8 heteroatoms. The molecule has 0 fully saturated rings.